The normalized spacial score (nSPS) is 15.4. The summed E-state index contributed by atoms with van der Waals surface area (Å²) in [5, 5.41) is 12.4. The standard InChI is InChI=1S/C23H24N2O3/c1-5-27-21-11-17-9-15(3)28-22(17)12-18(21)10-19(13-24)23(26)25-20-8-6-7-14(2)16(20)4/h6-8,10-12,15H,5,9H2,1-4H3,(H,25,26)/b19-10+/t15-/m1/s1. The second-order valence-corrected chi connectivity index (χ2v) is 6.93. The molecule has 3 rings (SSSR count). The number of nitrogens with one attached hydrogen (secondary N) is 1. The molecule has 1 aliphatic heterocycles. The molecule has 0 unspecified atom stereocenters. The van der Waals surface area contributed by atoms with Gasteiger partial charge in [-0.15, -0.1) is 0 Å². The first kappa shape index (κ1) is 19.5. The van der Waals surface area contributed by atoms with E-state index in [1.165, 1.54) is 0 Å². The number of rotatable bonds is 5. The van der Waals surface area contributed by atoms with Crippen molar-refractivity contribution in [2.24, 2.45) is 0 Å². The molecule has 0 aliphatic carbocycles. The molecule has 5 heteroatoms. The minimum atomic E-state index is -0.451. The fourth-order valence-electron chi connectivity index (χ4n) is 3.23. The van der Waals surface area contributed by atoms with Gasteiger partial charge in [0.05, 0.1) is 6.61 Å². The second-order valence-electron chi connectivity index (χ2n) is 6.93. The van der Waals surface area contributed by atoms with Gasteiger partial charge in [0.25, 0.3) is 5.91 Å². The molecule has 0 aromatic heterocycles. The predicted octanol–water partition coefficient (Wildman–Crippen LogP) is 4.57. The van der Waals surface area contributed by atoms with Gasteiger partial charge >= 0.3 is 0 Å². The Hall–Kier alpha value is -3.26. The van der Waals surface area contributed by atoms with Crippen LogP contribution < -0.4 is 14.8 Å². The van der Waals surface area contributed by atoms with Gasteiger partial charge in [0.2, 0.25) is 0 Å². The number of benzene rings is 2. The Morgan fingerprint density at radius 1 is 1.39 bits per heavy atom. The van der Waals surface area contributed by atoms with E-state index in [1.54, 1.807) is 6.08 Å². The SMILES string of the molecule is CCOc1cc2c(cc1/C=C(\C#N)C(=O)Nc1cccc(C)c1C)O[C@H](C)C2. The third-order valence-corrected chi connectivity index (χ3v) is 4.85. The van der Waals surface area contributed by atoms with Crippen molar-refractivity contribution in [3.05, 3.63) is 58.2 Å². The smallest absolute Gasteiger partial charge is 0.266 e. The molecule has 2 aromatic carbocycles. The van der Waals surface area contributed by atoms with E-state index in [4.69, 9.17) is 9.47 Å². The maximum absolute atomic E-state index is 12.7. The van der Waals surface area contributed by atoms with Crippen LogP contribution in [-0.2, 0) is 11.2 Å². The number of hydrogen-bond acceptors (Lipinski definition) is 4. The number of aryl methyl sites for hydroxylation is 1. The number of carbonyl (C=O) groups excluding carboxylic acids is 1. The number of ether oxygens (including phenoxy) is 2. The van der Waals surface area contributed by atoms with E-state index in [0.29, 0.717) is 23.6 Å². The Bertz CT molecular complexity index is 986. The Morgan fingerprint density at radius 3 is 2.89 bits per heavy atom. The van der Waals surface area contributed by atoms with Crippen LogP contribution in [0.25, 0.3) is 6.08 Å². The highest BCUT2D eigenvalue weighted by Gasteiger charge is 2.22. The van der Waals surface area contributed by atoms with Crippen molar-refractivity contribution in [1.29, 1.82) is 5.26 Å². The van der Waals surface area contributed by atoms with Crippen LogP contribution >= 0.6 is 0 Å². The van der Waals surface area contributed by atoms with Crippen molar-refractivity contribution in [1.82, 2.24) is 0 Å². The summed E-state index contributed by atoms with van der Waals surface area (Å²) in [5.74, 6) is 0.967. The van der Waals surface area contributed by atoms with Gasteiger partial charge in [-0.1, -0.05) is 12.1 Å². The van der Waals surface area contributed by atoms with Gasteiger partial charge < -0.3 is 14.8 Å². The molecule has 28 heavy (non-hydrogen) atoms. The quantitative estimate of drug-likeness (QED) is 0.613. The lowest BCUT2D eigenvalue weighted by atomic mass is 10.0. The average Bonchev–Trinajstić information content (AvgIpc) is 3.02. The maximum Gasteiger partial charge on any atom is 0.266 e. The number of hydrogen-bond donors (Lipinski definition) is 1. The lowest BCUT2D eigenvalue weighted by Gasteiger charge is -2.12. The Kier molecular flexibility index (Phi) is 5.70. The first-order chi connectivity index (χ1) is 13.4. The summed E-state index contributed by atoms with van der Waals surface area (Å²) in [6.07, 6.45) is 2.47. The van der Waals surface area contributed by atoms with Crippen molar-refractivity contribution in [2.45, 2.75) is 40.2 Å². The van der Waals surface area contributed by atoms with Gasteiger partial charge in [-0.2, -0.15) is 5.26 Å². The van der Waals surface area contributed by atoms with E-state index in [-0.39, 0.29) is 11.7 Å². The molecule has 0 saturated heterocycles. The monoisotopic (exact) mass is 376 g/mol. The zero-order valence-corrected chi connectivity index (χ0v) is 16.6. The molecule has 0 saturated carbocycles. The third-order valence-electron chi connectivity index (χ3n) is 4.85. The topological polar surface area (TPSA) is 71.3 Å². The molecule has 2 aromatic rings. The van der Waals surface area contributed by atoms with Crippen molar-refractivity contribution < 1.29 is 14.3 Å². The summed E-state index contributed by atoms with van der Waals surface area (Å²) < 4.78 is 11.5. The fourth-order valence-corrected chi connectivity index (χ4v) is 3.23. The van der Waals surface area contributed by atoms with Gasteiger partial charge in [-0.05, 0) is 63.1 Å². The van der Waals surface area contributed by atoms with Gasteiger partial charge in [-0.25, -0.2) is 0 Å². The molecule has 144 valence electrons. The second kappa shape index (κ2) is 8.18. The van der Waals surface area contributed by atoms with Crippen molar-refractivity contribution in [2.75, 3.05) is 11.9 Å². The van der Waals surface area contributed by atoms with Gasteiger partial charge in [-0.3, -0.25) is 4.79 Å². The van der Waals surface area contributed by atoms with E-state index in [9.17, 15) is 10.1 Å². The Balaban J connectivity index is 1.94. The first-order valence-electron chi connectivity index (χ1n) is 9.38. The van der Waals surface area contributed by atoms with Crippen LogP contribution in [-0.4, -0.2) is 18.6 Å². The highest BCUT2D eigenvalue weighted by molar-refractivity contribution is 6.10. The zero-order valence-electron chi connectivity index (χ0n) is 16.6. The van der Waals surface area contributed by atoms with Crippen LogP contribution in [0.2, 0.25) is 0 Å². The van der Waals surface area contributed by atoms with Crippen LogP contribution in [0.3, 0.4) is 0 Å². The summed E-state index contributed by atoms with van der Waals surface area (Å²) in [6.45, 7) is 8.32. The maximum atomic E-state index is 12.7. The molecule has 5 nitrogen and oxygen atoms in total. The number of anilines is 1. The summed E-state index contributed by atoms with van der Waals surface area (Å²) in [7, 11) is 0. The number of amides is 1. The van der Waals surface area contributed by atoms with Crippen molar-refractivity contribution in [3.8, 4) is 17.6 Å². The van der Waals surface area contributed by atoms with E-state index in [1.807, 2.05) is 64.1 Å². The summed E-state index contributed by atoms with van der Waals surface area (Å²) in [4.78, 5) is 12.7. The van der Waals surface area contributed by atoms with Gasteiger partial charge in [0.1, 0.15) is 29.2 Å². The van der Waals surface area contributed by atoms with Crippen LogP contribution in [0.1, 0.15) is 36.1 Å². The molecule has 1 aliphatic rings. The van der Waals surface area contributed by atoms with Crippen molar-refractivity contribution in [3.63, 3.8) is 0 Å². The fraction of sp³-hybridized carbons (Fsp3) is 0.304. The van der Waals surface area contributed by atoms with E-state index >= 15 is 0 Å². The molecule has 0 spiro atoms. The summed E-state index contributed by atoms with van der Waals surface area (Å²) in [6, 6.07) is 11.5. The molecule has 0 bridgehead atoms. The molecule has 1 N–H and O–H groups in total. The molecule has 1 atom stereocenters. The Labute approximate surface area is 165 Å². The minimum Gasteiger partial charge on any atom is -0.493 e. The van der Waals surface area contributed by atoms with Crippen LogP contribution in [0.15, 0.2) is 35.9 Å². The predicted molar refractivity (Wildman–Crippen MR) is 110 cm³/mol. The molecule has 1 amide bonds. The number of fused-ring (bicyclic) bond motifs is 1. The van der Waals surface area contributed by atoms with E-state index in [2.05, 4.69) is 5.32 Å². The zero-order chi connectivity index (χ0) is 20.3. The number of nitrogens with zero attached hydrogens (tertiary/aromatic N) is 1. The molecule has 0 fully saturated rings. The number of carbonyl (C=O) groups is 1. The number of nitriles is 1. The highest BCUT2D eigenvalue weighted by Crippen LogP contribution is 2.36. The van der Waals surface area contributed by atoms with Gasteiger partial charge in [0, 0.05) is 23.2 Å². The molecule has 1 heterocycles. The highest BCUT2D eigenvalue weighted by atomic mass is 16.5. The third kappa shape index (κ3) is 4.01. The first-order valence-corrected chi connectivity index (χ1v) is 9.38. The molecule has 0 radical (unpaired) electrons. The molecular weight excluding hydrogens is 352 g/mol. The van der Waals surface area contributed by atoms with Crippen LogP contribution in [0.5, 0.6) is 11.5 Å². The lowest BCUT2D eigenvalue weighted by molar-refractivity contribution is -0.112. The van der Waals surface area contributed by atoms with Crippen LogP contribution in [0, 0.1) is 25.2 Å². The van der Waals surface area contributed by atoms with E-state index < -0.39 is 5.91 Å². The largest absolute Gasteiger partial charge is 0.493 e. The van der Waals surface area contributed by atoms with E-state index in [0.717, 1.165) is 28.9 Å². The van der Waals surface area contributed by atoms with Crippen LogP contribution in [0.4, 0.5) is 5.69 Å². The summed E-state index contributed by atoms with van der Waals surface area (Å²) in [5.41, 5.74) is 4.48. The minimum absolute atomic E-state index is 0.00727. The molecular formula is C23H24N2O3. The van der Waals surface area contributed by atoms with Crippen molar-refractivity contribution >= 4 is 17.7 Å². The van der Waals surface area contributed by atoms with Gasteiger partial charge in [0.15, 0.2) is 0 Å². The Morgan fingerprint density at radius 2 is 2.18 bits per heavy atom. The summed E-state index contributed by atoms with van der Waals surface area (Å²) >= 11 is 0. The lowest BCUT2D eigenvalue weighted by Crippen LogP contribution is -2.14. The average molecular weight is 376 g/mol.